The molecule has 0 saturated carbocycles. The van der Waals surface area contributed by atoms with E-state index in [1.165, 1.54) is 0 Å². The highest BCUT2D eigenvalue weighted by molar-refractivity contribution is 5.02. The van der Waals surface area contributed by atoms with E-state index < -0.39 is 0 Å². The topological polar surface area (TPSA) is 47.3 Å². The number of aliphatic hydroxyl groups is 1. The van der Waals surface area contributed by atoms with E-state index in [0.29, 0.717) is 5.69 Å². The molecule has 0 radical (unpaired) electrons. The van der Waals surface area contributed by atoms with Gasteiger partial charge in [-0.3, -0.25) is 0 Å². The second-order valence-electron chi connectivity index (χ2n) is 3.52. The van der Waals surface area contributed by atoms with Gasteiger partial charge in [-0.05, 0) is 20.3 Å². The van der Waals surface area contributed by atoms with E-state index in [4.69, 9.17) is 9.94 Å². The van der Waals surface area contributed by atoms with Crippen LogP contribution in [-0.4, -0.2) is 20.9 Å². The molecule has 1 rings (SSSR count). The molecule has 0 aromatic carbocycles. The minimum absolute atomic E-state index is 0.0383. The van der Waals surface area contributed by atoms with Crippen molar-refractivity contribution in [2.45, 2.75) is 46.3 Å². The van der Waals surface area contributed by atoms with Crippen molar-refractivity contribution in [1.29, 1.82) is 0 Å². The molecule has 0 unspecified atom stereocenters. The second-order valence-corrected chi connectivity index (χ2v) is 3.52. The Hall–Kier alpha value is -1.03. The second kappa shape index (κ2) is 5.00. The number of imidazole rings is 1. The summed E-state index contributed by atoms with van der Waals surface area (Å²) in [6, 6.07) is 0. The van der Waals surface area contributed by atoms with Gasteiger partial charge in [-0.15, -0.1) is 0 Å². The van der Waals surface area contributed by atoms with Gasteiger partial charge in [0.25, 0.3) is 0 Å². The standard InChI is InChI=1S/C10H18N2O2/c1-4-5-10-11-6-9(7-13)12(10)14-8(2)3/h6,8,13H,4-5,7H2,1-3H3. The van der Waals surface area contributed by atoms with E-state index in [2.05, 4.69) is 11.9 Å². The van der Waals surface area contributed by atoms with Crippen LogP contribution in [0.5, 0.6) is 0 Å². The van der Waals surface area contributed by atoms with Crippen molar-refractivity contribution < 1.29 is 9.94 Å². The van der Waals surface area contributed by atoms with Crippen LogP contribution in [0, 0.1) is 0 Å². The fraction of sp³-hybridized carbons (Fsp3) is 0.700. The SMILES string of the molecule is CCCc1ncc(CO)n1OC(C)C. The minimum Gasteiger partial charge on any atom is -0.410 e. The molecule has 0 spiro atoms. The zero-order chi connectivity index (χ0) is 10.6. The summed E-state index contributed by atoms with van der Waals surface area (Å²) in [4.78, 5) is 9.76. The van der Waals surface area contributed by atoms with Gasteiger partial charge in [0.1, 0.15) is 17.6 Å². The summed E-state index contributed by atoms with van der Waals surface area (Å²) in [6.07, 6.45) is 3.63. The molecule has 1 N–H and O–H groups in total. The Morgan fingerprint density at radius 2 is 2.29 bits per heavy atom. The molecule has 14 heavy (non-hydrogen) atoms. The van der Waals surface area contributed by atoms with Crippen LogP contribution in [0.1, 0.15) is 38.7 Å². The first-order valence-electron chi connectivity index (χ1n) is 5.02. The maximum absolute atomic E-state index is 9.07. The maximum Gasteiger partial charge on any atom is 0.145 e. The largest absolute Gasteiger partial charge is 0.410 e. The van der Waals surface area contributed by atoms with Gasteiger partial charge in [0.2, 0.25) is 0 Å². The Bertz CT molecular complexity index is 282. The van der Waals surface area contributed by atoms with Gasteiger partial charge in [-0.2, -0.15) is 4.73 Å². The molecular weight excluding hydrogens is 180 g/mol. The Morgan fingerprint density at radius 3 is 2.79 bits per heavy atom. The van der Waals surface area contributed by atoms with Crippen molar-refractivity contribution in [1.82, 2.24) is 9.71 Å². The minimum atomic E-state index is -0.0383. The first-order valence-corrected chi connectivity index (χ1v) is 5.02. The molecule has 0 aliphatic heterocycles. The van der Waals surface area contributed by atoms with E-state index in [1.807, 2.05) is 13.8 Å². The van der Waals surface area contributed by atoms with Crippen molar-refractivity contribution in [2.75, 3.05) is 0 Å². The van der Waals surface area contributed by atoms with Gasteiger partial charge in [0.05, 0.1) is 12.8 Å². The zero-order valence-electron chi connectivity index (χ0n) is 9.03. The summed E-state index contributed by atoms with van der Waals surface area (Å²) in [5.41, 5.74) is 0.710. The molecule has 0 aliphatic carbocycles. The first kappa shape index (κ1) is 11.0. The highest BCUT2D eigenvalue weighted by Crippen LogP contribution is 2.06. The summed E-state index contributed by atoms with van der Waals surface area (Å²) in [5, 5.41) is 9.07. The average Bonchev–Trinajstić information content (AvgIpc) is 2.48. The summed E-state index contributed by atoms with van der Waals surface area (Å²) in [7, 11) is 0. The summed E-state index contributed by atoms with van der Waals surface area (Å²) >= 11 is 0. The lowest BCUT2D eigenvalue weighted by molar-refractivity contribution is 0.0422. The molecule has 0 amide bonds. The average molecular weight is 198 g/mol. The van der Waals surface area contributed by atoms with Crippen molar-refractivity contribution in [3.05, 3.63) is 17.7 Å². The van der Waals surface area contributed by atoms with Crippen LogP contribution in [0.2, 0.25) is 0 Å². The normalized spacial score (nSPS) is 10.9. The molecule has 80 valence electrons. The fourth-order valence-corrected chi connectivity index (χ4v) is 1.25. The van der Waals surface area contributed by atoms with Crippen LogP contribution in [0.25, 0.3) is 0 Å². The molecule has 1 aromatic heterocycles. The predicted molar refractivity (Wildman–Crippen MR) is 53.9 cm³/mol. The van der Waals surface area contributed by atoms with Crippen molar-refractivity contribution >= 4 is 0 Å². The highest BCUT2D eigenvalue weighted by Gasteiger charge is 2.10. The van der Waals surface area contributed by atoms with E-state index in [0.717, 1.165) is 18.7 Å². The van der Waals surface area contributed by atoms with Gasteiger partial charge in [-0.25, -0.2) is 4.98 Å². The molecule has 0 saturated heterocycles. The lowest BCUT2D eigenvalue weighted by atomic mass is 10.3. The number of nitrogens with zero attached hydrogens (tertiary/aromatic N) is 2. The zero-order valence-corrected chi connectivity index (χ0v) is 9.03. The number of hydrogen-bond donors (Lipinski definition) is 1. The Morgan fingerprint density at radius 1 is 1.57 bits per heavy atom. The lowest BCUT2D eigenvalue weighted by Crippen LogP contribution is -2.23. The Balaban J connectivity index is 2.87. The van der Waals surface area contributed by atoms with E-state index in [1.54, 1.807) is 10.9 Å². The first-order chi connectivity index (χ1) is 6.69. The number of hydrogen-bond acceptors (Lipinski definition) is 3. The third-order valence-electron chi connectivity index (χ3n) is 1.81. The summed E-state index contributed by atoms with van der Waals surface area (Å²) in [5.74, 6) is 0.880. The molecule has 1 aromatic rings. The van der Waals surface area contributed by atoms with Crippen LogP contribution < -0.4 is 4.84 Å². The molecule has 0 aliphatic rings. The molecule has 0 atom stereocenters. The third kappa shape index (κ3) is 2.48. The number of aliphatic hydroxyl groups excluding tert-OH is 1. The van der Waals surface area contributed by atoms with Gasteiger partial charge in [0.15, 0.2) is 0 Å². The number of aromatic nitrogens is 2. The lowest BCUT2D eigenvalue weighted by Gasteiger charge is -2.14. The van der Waals surface area contributed by atoms with Gasteiger partial charge in [-0.1, -0.05) is 6.92 Å². The molecule has 0 bridgehead atoms. The maximum atomic E-state index is 9.07. The summed E-state index contributed by atoms with van der Waals surface area (Å²) < 4.78 is 1.65. The molecule has 0 fully saturated rings. The van der Waals surface area contributed by atoms with E-state index in [-0.39, 0.29) is 12.7 Å². The molecule has 4 nitrogen and oxygen atoms in total. The van der Waals surface area contributed by atoms with Crippen LogP contribution in [0.3, 0.4) is 0 Å². The number of aryl methyl sites for hydroxylation is 1. The quantitative estimate of drug-likeness (QED) is 0.772. The molecular formula is C10H18N2O2. The Labute approximate surface area is 84.5 Å². The van der Waals surface area contributed by atoms with Crippen LogP contribution in [0.4, 0.5) is 0 Å². The van der Waals surface area contributed by atoms with Gasteiger partial charge >= 0.3 is 0 Å². The highest BCUT2D eigenvalue weighted by atomic mass is 16.7. The predicted octanol–water partition coefficient (Wildman–Crippen LogP) is 1.16. The van der Waals surface area contributed by atoms with Crippen molar-refractivity contribution in [3.8, 4) is 0 Å². The van der Waals surface area contributed by atoms with Gasteiger partial charge < -0.3 is 9.94 Å². The van der Waals surface area contributed by atoms with Gasteiger partial charge in [0, 0.05) is 6.42 Å². The van der Waals surface area contributed by atoms with E-state index in [9.17, 15) is 0 Å². The monoisotopic (exact) mass is 198 g/mol. The van der Waals surface area contributed by atoms with Crippen LogP contribution in [0.15, 0.2) is 6.20 Å². The van der Waals surface area contributed by atoms with Crippen molar-refractivity contribution in [2.24, 2.45) is 0 Å². The number of rotatable bonds is 5. The van der Waals surface area contributed by atoms with Crippen LogP contribution in [-0.2, 0) is 13.0 Å². The van der Waals surface area contributed by atoms with Crippen LogP contribution >= 0.6 is 0 Å². The van der Waals surface area contributed by atoms with E-state index >= 15 is 0 Å². The smallest absolute Gasteiger partial charge is 0.145 e. The fourth-order valence-electron chi connectivity index (χ4n) is 1.25. The Kier molecular flexibility index (Phi) is 3.95. The third-order valence-corrected chi connectivity index (χ3v) is 1.81. The summed E-state index contributed by atoms with van der Waals surface area (Å²) in [6.45, 7) is 5.96. The van der Waals surface area contributed by atoms with Crippen molar-refractivity contribution in [3.63, 3.8) is 0 Å². The molecule has 4 heteroatoms. The molecule has 1 heterocycles.